The van der Waals surface area contributed by atoms with Crippen molar-refractivity contribution in [2.24, 2.45) is 0 Å². The van der Waals surface area contributed by atoms with Gasteiger partial charge in [-0.3, -0.25) is 0 Å². The molecule has 2 rings (SSSR count). The minimum absolute atomic E-state index is 0.201. The number of furan rings is 1. The normalized spacial score (nSPS) is 11.5. The number of benzene rings is 1. The molecule has 0 amide bonds. The maximum absolute atomic E-state index is 11.2. The van der Waals surface area contributed by atoms with Crippen LogP contribution in [0.5, 0.6) is 0 Å². The van der Waals surface area contributed by atoms with Gasteiger partial charge < -0.3 is 9.52 Å². The number of halogens is 1. The van der Waals surface area contributed by atoms with Crippen LogP contribution < -0.4 is 0 Å². The number of rotatable bonds is 3. The molecule has 1 aromatic heterocycles. The fraction of sp³-hybridized carbons (Fsp3) is 0. The molecule has 0 atom stereocenters. The Balaban J connectivity index is 2.43. The Morgan fingerprint density at radius 3 is 2.41 bits per heavy atom. The summed E-state index contributed by atoms with van der Waals surface area (Å²) >= 11 is 3.17. The second-order valence-electron chi connectivity index (χ2n) is 3.37. The molecule has 0 fully saturated rings. The fourth-order valence-electron chi connectivity index (χ4n) is 1.43. The summed E-state index contributed by atoms with van der Waals surface area (Å²) in [6, 6.07) is 12.4. The van der Waals surface area contributed by atoms with Gasteiger partial charge in [0.15, 0.2) is 4.67 Å². The lowest BCUT2D eigenvalue weighted by Crippen LogP contribution is -1.99. The van der Waals surface area contributed by atoms with Crippen LogP contribution in [0.25, 0.3) is 11.6 Å². The first kappa shape index (κ1) is 11.7. The van der Waals surface area contributed by atoms with Crippen molar-refractivity contribution in [2.45, 2.75) is 0 Å². The van der Waals surface area contributed by atoms with Gasteiger partial charge in [0.25, 0.3) is 0 Å². The highest BCUT2D eigenvalue weighted by atomic mass is 79.9. The van der Waals surface area contributed by atoms with Gasteiger partial charge in [0, 0.05) is 0 Å². The summed E-state index contributed by atoms with van der Waals surface area (Å²) in [4.78, 5) is 11.2. The predicted octanol–water partition coefficient (Wildman–Crippen LogP) is 3.67. The van der Waals surface area contributed by atoms with Crippen LogP contribution in [0.1, 0.15) is 11.3 Å². The van der Waals surface area contributed by atoms with Gasteiger partial charge in [0.2, 0.25) is 0 Å². The molecule has 0 aliphatic heterocycles. The van der Waals surface area contributed by atoms with E-state index in [-0.39, 0.29) is 5.57 Å². The summed E-state index contributed by atoms with van der Waals surface area (Å²) in [6.07, 6.45) is 1.50. The topological polar surface area (TPSA) is 50.4 Å². The van der Waals surface area contributed by atoms with E-state index in [9.17, 15) is 9.90 Å². The highest BCUT2D eigenvalue weighted by Gasteiger charge is 2.10. The zero-order valence-corrected chi connectivity index (χ0v) is 10.3. The zero-order chi connectivity index (χ0) is 12.3. The van der Waals surface area contributed by atoms with Crippen molar-refractivity contribution in [3.63, 3.8) is 0 Å². The van der Waals surface area contributed by atoms with E-state index in [4.69, 9.17) is 4.42 Å². The highest BCUT2D eigenvalue weighted by Crippen LogP contribution is 2.21. The van der Waals surface area contributed by atoms with Crippen LogP contribution >= 0.6 is 15.9 Å². The quantitative estimate of drug-likeness (QED) is 0.878. The van der Waals surface area contributed by atoms with Crippen LogP contribution in [0.4, 0.5) is 0 Å². The molecule has 86 valence electrons. The predicted molar refractivity (Wildman–Crippen MR) is 68.4 cm³/mol. The molecule has 0 unspecified atom stereocenters. The first-order valence-electron chi connectivity index (χ1n) is 4.92. The molecule has 4 heteroatoms. The molecule has 0 saturated heterocycles. The second-order valence-corrected chi connectivity index (χ2v) is 4.15. The van der Waals surface area contributed by atoms with Gasteiger partial charge in [-0.15, -0.1) is 0 Å². The van der Waals surface area contributed by atoms with Gasteiger partial charge >= 0.3 is 5.97 Å². The zero-order valence-electron chi connectivity index (χ0n) is 8.76. The van der Waals surface area contributed by atoms with E-state index >= 15 is 0 Å². The first-order chi connectivity index (χ1) is 8.16. The molecular weight excluding hydrogens is 284 g/mol. The average molecular weight is 293 g/mol. The number of hydrogen-bond acceptors (Lipinski definition) is 2. The first-order valence-corrected chi connectivity index (χ1v) is 5.72. The molecule has 0 aliphatic carbocycles. The Morgan fingerprint density at radius 2 is 1.88 bits per heavy atom. The Labute approximate surface area is 107 Å². The third-order valence-corrected chi connectivity index (χ3v) is 2.62. The summed E-state index contributed by atoms with van der Waals surface area (Å²) in [5.74, 6) is -0.484. The van der Waals surface area contributed by atoms with Crippen LogP contribution in [0, 0.1) is 0 Å². The molecule has 0 aliphatic rings. The Morgan fingerprint density at radius 1 is 1.18 bits per heavy atom. The summed E-state index contributed by atoms with van der Waals surface area (Å²) in [6.45, 7) is 0. The van der Waals surface area contributed by atoms with E-state index in [0.29, 0.717) is 16.0 Å². The fourth-order valence-corrected chi connectivity index (χ4v) is 1.75. The van der Waals surface area contributed by atoms with Crippen molar-refractivity contribution in [3.05, 3.63) is 58.5 Å². The molecular formula is C13H9BrO3. The Bertz CT molecular complexity index is 555. The Kier molecular flexibility index (Phi) is 3.44. The molecule has 0 spiro atoms. The van der Waals surface area contributed by atoms with Gasteiger partial charge in [0.05, 0.1) is 5.57 Å². The summed E-state index contributed by atoms with van der Waals surface area (Å²) in [5.41, 5.74) is 0.847. The van der Waals surface area contributed by atoms with Crippen molar-refractivity contribution in [1.29, 1.82) is 0 Å². The maximum Gasteiger partial charge on any atom is 0.336 e. The Hall–Kier alpha value is -1.81. The van der Waals surface area contributed by atoms with Crippen LogP contribution in [-0.2, 0) is 4.79 Å². The molecule has 0 bridgehead atoms. The number of carboxylic acid groups (broad SMARTS) is 1. The minimum atomic E-state index is -0.983. The molecule has 2 aromatic rings. The number of hydrogen-bond donors (Lipinski definition) is 1. The lowest BCUT2D eigenvalue weighted by atomic mass is 10.1. The van der Waals surface area contributed by atoms with E-state index < -0.39 is 5.97 Å². The summed E-state index contributed by atoms with van der Waals surface area (Å²) < 4.78 is 5.83. The molecule has 1 N–H and O–H groups in total. The van der Waals surface area contributed by atoms with Crippen LogP contribution in [-0.4, -0.2) is 11.1 Å². The molecule has 1 aromatic carbocycles. The van der Waals surface area contributed by atoms with Crippen molar-refractivity contribution >= 4 is 33.5 Å². The van der Waals surface area contributed by atoms with Gasteiger partial charge in [-0.2, -0.15) is 0 Å². The van der Waals surface area contributed by atoms with Crippen molar-refractivity contribution in [1.82, 2.24) is 0 Å². The molecule has 3 nitrogen and oxygen atoms in total. The standard InChI is InChI=1S/C13H9BrO3/c14-12-7-6-10(17-12)8-11(13(15)16)9-4-2-1-3-5-9/h1-8H,(H,15,16)/b11-8-. The largest absolute Gasteiger partial charge is 0.478 e. The van der Waals surface area contributed by atoms with Gasteiger partial charge in [0.1, 0.15) is 5.76 Å². The number of carboxylic acids is 1. The van der Waals surface area contributed by atoms with Crippen LogP contribution in [0.2, 0.25) is 0 Å². The number of aliphatic carboxylic acids is 1. The van der Waals surface area contributed by atoms with E-state index in [0.717, 1.165) is 0 Å². The van der Waals surface area contributed by atoms with E-state index in [1.54, 1.807) is 36.4 Å². The smallest absolute Gasteiger partial charge is 0.336 e. The highest BCUT2D eigenvalue weighted by molar-refractivity contribution is 9.10. The van der Waals surface area contributed by atoms with E-state index in [1.165, 1.54) is 6.08 Å². The second kappa shape index (κ2) is 5.01. The molecule has 0 radical (unpaired) electrons. The lowest BCUT2D eigenvalue weighted by molar-refractivity contribution is -0.130. The number of carbonyl (C=O) groups is 1. The SMILES string of the molecule is O=C(O)/C(=C\c1ccc(Br)o1)c1ccccc1. The van der Waals surface area contributed by atoms with E-state index in [2.05, 4.69) is 15.9 Å². The third kappa shape index (κ3) is 2.85. The average Bonchev–Trinajstić information content (AvgIpc) is 2.73. The third-order valence-electron chi connectivity index (χ3n) is 2.20. The minimum Gasteiger partial charge on any atom is -0.478 e. The molecule has 17 heavy (non-hydrogen) atoms. The summed E-state index contributed by atoms with van der Waals surface area (Å²) in [7, 11) is 0. The van der Waals surface area contributed by atoms with Gasteiger partial charge in [-0.05, 0) is 39.7 Å². The lowest BCUT2D eigenvalue weighted by Gasteiger charge is -2.01. The van der Waals surface area contributed by atoms with Crippen molar-refractivity contribution in [3.8, 4) is 0 Å². The maximum atomic E-state index is 11.2. The molecule has 0 saturated carbocycles. The van der Waals surface area contributed by atoms with Crippen LogP contribution in [0.3, 0.4) is 0 Å². The monoisotopic (exact) mass is 292 g/mol. The van der Waals surface area contributed by atoms with Crippen molar-refractivity contribution < 1.29 is 14.3 Å². The van der Waals surface area contributed by atoms with Crippen LogP contribution in [0.15, 0.2) is 51.6 Å². The van der Waals surface area contributed by atoms with Gasteiger partial charge in [-0.1, -0.05) is 30.3 Å². The molecule has 1 heterocycles. The van der Waals surface area contributed by atoms with Crippen molar-refractivity contribution in [2.75, 3.05) is 0 Å². The van der Waals surface area contributed by atoms with E-state index in [1.807, 2.05) is 6.07 Å². The van der Waals surface area contributed by atoms with Gasteiger partial charge in [-0.25, -0.2) is 4.79 Å². The summed E-state index contributed by atoms with van der Waals surface area (Å²) in [5, 5.41) is 9.17.